The topological polar surface area (TPSA) is 52.9 Å². The molecule has 5 heteroatoms. The van der Waals surface area contributed by atoms with Crippen LogP contribution in [0.25, 0.3) is 0 Å². The van der Waals surface area contributed by atoms with Crippen molar-refractivity contribution in [1.82, 2.24) is 4.90 Å². The van der Waals surface area contributed by atoms with Crippen LogP contribution in [0.2, 0.25) is 0 Å². The monoisotopic (exact) mass is 343 g/mol. The number of hydrogen-bond donors (Lipinski definition) is 2. The Hall–Kier alpha value is -0.780. The maximum Gasteiger partial charge on any atom is 0.162 e. The fraction of sp³-hybridized carbons (Fsp3) is 0.600. The van der Waals surface area contributed by atoms with E-state index >= 15 is 0 Å². The number of hydrogen-bond acceptors (Lipinski definition) is 4. The number of benzene rings is 1. The van der Waals surface area contributed by atoms with E-state index in [1.54, 1.807) is 13.2 Å². The average molecular weight is 344 g/mol. The molecule has 0 spiro atoms. The van der Waals surface area contributed by atoms with Gasteiger partial charge in [-0.2, -0.15) is 0 Å². The largest absolute Gasteiger partial charge is 0.504 e. The fourth-order valence-corrected chi connectivity index (χ4v) is 3.24. The Labute approximate surface area is 128 Å². The minimum atomic E-state index is 0.203. The summed E-state index contributed by atoms with van der Waals surface area (Å²) in [5.74, 6) is 1.02. The van der Waals surface area contributed by atoms with Gasteiger partial charge in [0, 0.05) is 35.8 Å². The molecule has 0 radical (unpaired) electrons. The number of halogens is 1. The number of piperidine rings is 1. The first kappa shape index (κ1) is 15.6. The van der Waals surface area contributed by atoms with E-state index in [4.69, 9.17) is 4.74 Å². The number of aliphatic hydroxyl groups is 1. The van der Waals surface area contributed by atoms with Gasteiger partial charge in [0.1, 0.15) is 0 Å². The first-order chi connectivity index (χ1) is 9.55. The van der Waals surface area contributed by atoms with E-state index in [0.29, 0.717) is 24.3 Å². The molecule has 1 fully saturated rings. The van der Waals surface area contributed by atoms with Gasteiger partial charge < -0.3 is 14.9 Å². The maximum absolute atomic E-state index is 10.2. The van der Waals surface area contributed by atoms with Crippen LogP contribution >= 0.6 is 15.9 Å². The lowest BCUT2D eigenvalue weighted by Crippen LogP contribution is -2.42. The number of methoxy groups -OCH3 is 1. The number of nitrogens with zero attached hydrogens (tertiary/aromatic N) is 1. The van der Waals surface area contributed by atoms with Crippen molar-refractivity contribution in [1.29, 1.82) is 0 Å². The van der Waals surface area contributed by atoms with Crippen LogP contribution in [0.4, 0.5) is 0 Å². The van der Waals surface area contributed by atoms with Crippen LogP contribution in [0.5, 0.6) is 11.5 Å². The third kappa shape index (κ3) is 3.45. The molecule has 0 aromatic heterocycles. The van der Waals surface area contributed by atoms with Crippen LogP contribution in [-0.4, -0.2) is 41.4 Å². The minimum Gasteiger partial charge on any atom is -0.504 e. The van der Waals surface area contributed by atoms with Gasteiger partial charge in [-0.05, 0) is 37.8 Å². The summed E-state index contributed by atoms with van der Waals surface area (Å²) >= 11 is 3.44. The maximum atomic E-state index is 10.2. The molecule has 1 aromatic carbocycles. The zero-order valence-corrected chi connectivity index (χ0v) is 13.6. The fourth-order valence-electron chi connectivity index (χ4n) is 2.76. The molecule has 0 aliphatic carbocycles. The molecule has 2 rings (SSSR count). The van der Waals surface area contributed by atoms with Gasteiger partial charge in [-0.25, -0.2) is 0 Å². The predicted molar refractivity (Wildman–Crippen MR) is 82.0 cm³/mol. The van der Waals surface area contributed by atoms with E-state index in [1.807, 2.05) is 6.07 Å². The highest BCUT2D eigenvalue weighted by Crippen LogP contribution is 2.35. The van der Waals surface area contributed by atoms with E-state index < -0.39 is 0 Å². The van der Waals surface area contributed by atoms with E-state index in [9.17, 15) is 10.2 Å². The molecule has 0 amide bonds. The first-order valence-electron chi connectivity index (χ1n) is 6.95. The number of phenols is 1. The quantitative estimate of drug-likeness (QED) is 0.882. The van der Waals surface area contributed by atoms with Crippen LogP contribution in [0.1, 0.15) is 25.3 Å². The Morgan fingerprint density at radius 3 is 2.80 bits per heavy atom. The second-order valence-electron chi connectivity index (χ2n) is 5.52. The van der Waals surface area contributed by atoms with Crippen molar-refractivity contribution in [3.63, 3.8) is 0 Å². The standard InChI is InChI=1S/C15H22BrNO3/c1-10-3-4-11(9-18)7-17(10)8-12-5-13(16)6-14(20-2)15(12)19/h5-6,10-11,18-19H,3-4,7-9H2,1-2H3. The highest BCUT2D eigenvalue weighted by atomic mass is 79.9. The summed E-state index contributed by atoms with van der Waals surface area (Å²) < 4.78 is 6.08. The van der Waals surface area contributed by atoms with Gasteiger partial charge in [-0.15, -0.1) is 0 Å². The van der Waals surface area contributed by atoms with Gasteiger partial charge in [0.2, 0.25) is 0 Å². The number of rotatable bonds is 4. The highest BCUT2D eigenvalue weighted by molar-refractivity contribution is 9.10. The van der Waals surface area contributed by atoms with Gasteiger partial charge in [-0.1, -0.05) is 15.9 Å². The smallest absolute Gasteiger partial charge is 0.162 e. The molecule has 0 saturated carbocycles. The van der Waals surface area contributed by atoms with Crippen molar-refractivity contribution in [2.45, 2.75) is 32.4 Å². The van der Waals surface area contributed by atoms with Crippen molar-refractivity contribution < 1.29 is 14.9 Å². The predicted octanol–water partition coefficient (Wildman–Crippen LogP) is 2.76. The Morgan fingerprint density at radius 2 is 2.15 bits per heavy atom. The molecule has 1 aromatic rings. The molecule has 2 unspecified atom stereocenters. The van der Waals surface area contributed by atoms with Crippen LogP contribution in [0.3, 0.4) is 0 Å². The Morgan fingerprint density at radius 1 is 1.40 bits per heavy atom. The number of aromatic hydroxyl groups is 1. The van der Waals surface area contributed by atoms with Crippen molar-refractivity contribution >= 4 is 15.9 Å². The third-order valence-electron chi connectivity index (χ3n) is 4.08. The second kappa shape index (κ2) is 6.78. The average Bonchev–Trinajstić information content (AvgIpc) is 2.44. The van der Waals surface area contributed by atoms with Crippen LogP contribution < -0.4 is 4.74 Å². The summed E-state index contributed by atoms with van der Waals surface area (Å²) in [6, 6.07) is 4.14. The number of likely N-dealkylation sites (tertiary alicyclic amines) is 1. The third-order valence-corrected chi connectivity index (χ3v) is 4.54. The molecule has 4 nitrogen and oxygen atoms in total. The van der Waals surface area contributed by atoms with Crippen molar-refractivity contribution in [2.75, 3.05) is 20.3 Å². The van der Waals surface area contributed by atoms with Gasteiger partial charge in [0.05, 0.1) is 7.11 Å². The van der Waals surface area contributed by atoms with Crippen LogP contribution in [0, 0.1) is 5.92 Å². The molecule has 1 aliphatic rings. The lowest BCUT2D eigenvalue weighted by atomic mass is 9.93. The Bertz CT molecular complexity index is 467. The molecule has 2 N–H and O–H groups in total. The van der Waals surface area contributed by atoms with E-state index in [2.05, 4.69) is 27.8 Å². The van der Waals surface area contributed by atoms with Gasteiger partial charge in [0.15, 0.2) is 11.5 Å². The molecule has 1 aliphatic heterocycles. The van der Waals surface area contributed by atoms with Crippen molar-refractivity contribution in [3.05, 3.63) is 22.2 Å². The van der Waals surface area contributed by atoms with Crippen LogP contribution in [0.15, 0.2) is 16.6 Å². The SMILES string of the molecule is COc1cc(Br)cc(CN2CC(CO)CCC2C)c1O. The van der Waals surface area contributed by atoms with Gasteiger partial charge in [-0.3, -0.25) is 4.90 Å². The summed E-state index contributed by atoms with van der Waals surface area (Å²) in [7, 11) is 1.55. The van der Waals surface area contributed by atoms with Crippen molar-refractivity contribution in [2.24, 2.45) is 5.92 Å². The second-order valence-corrected chi connectivity index (χ2v) is 6.44. The zero-order chi connectivity index (χ0) is 14.7. The van der Waals surface area contributed by atoms with Crippen molar-refractivity contribution in [3.8, 4) is 11.5 Å². The Kier molecular flexibility index (Phi) is 5.29. The molecule has 1 saturated heterocycles. The summed E-state index contributed by atoms with van der Waals surface area (Å²) in [6.07, 6.45) is 2.15. The molecular weight excluding hydrogens is 322 g/mol. The molecule has 112 valence electrons. The summed E-state index contributed by atoms with van der Waals surface area (Å²) in [5, 5.41) is 19.6. The molecule has 0 bridgehead atoms. The highest BCUT2D eigenvalue weighted by Gasteiger charge is 2.26. The van der Waals surface area contributed by atoms with E-state index in [0.717, 1.165) is 29.4 Å². The van der Waals surface area contributed by atoms with Crippen LogP contribution in [-0.2, 0) is 6.54 Å². The normalized spacial score (nSPS) is 23.8. The molecular formula is C15H22BrNO3. The first-order valence-corrected chi connectivity index (χ1v) is 7.74. The van der Waals surface area contributed by atoms with E-state index in [1.165, 1.54) is 0 Å². The lowest BCUT2D eigenvalue weighted by molar-refractivity contribution is 0.0765. The number of aliphatic hydroxyl groups excluding tert-OH is 1. The number of phenolic OH excluding ortho intramolecular Hbond substituents is 1. The summed E-state index contributed by atoms with van der Waals surface area (Å²) in [5.41, 5.74) is 0.849. The summed E-state index contributed by atoms with van der Waals surface area (Å²) in [4.78, 5) is 2.31. The lowest BCUT2D eigenvalue weighted by Gasteiger charge is -2.37. The van der Waals surface area contributed by atoms with E-state index in [-0.39, 0.29) is 12.4 Å². The van der Waals surface area contributed by atoms with Gasteiger partial charge >= 0.3 is 0 Å². The Balaban J connectivity index is 2.18. The number of ether oxygens (including phenoxy) is 1. The van der Waals surface area contributed by atoms with Gasteiger partial charge in [0.25, 0.3) is 0 Å². The molecule has 2 atom stereocenters. The molecule has 1 heterocycles. The minimum absolute atomic E-state index is 0.203. The zero-order valence-electron chi connectivity index (χ0n) is 12.0. The molecule has 20 heavy (non-hydrogen) atoms. The summed E-state index contributed by atoms with van der Waals surface area (Å²) in [6.45, 7) is 3.96.